The van der Waals surface area contributed by atoms with Crippen molar-refractivity contribution in [3.63, 3.8) is 0 Å². The highest BCUT2D eigenvalue weighted by Gasteiger charge is 2.22. The van der Waals surface area contributed by atoms with Crippen LogP contribution in [0.1, 0.15) is 55.2 Å². The van der Waals surface area contributed by atoms with Crippen LogP contribution in [-0.2, 0) is 0 Å². The number of hydrogen-bond acceptors (Lipinski definition) is 4. The molecule has 1 aliphatic rings. The number of benzene rings is 1. The van der Waals surface area contributed by atoms with Crippen LogP contribution in [0, 0.1) is 24.1 Å². The molecule has 1 heterocycles. The molecule has 6 heteroatoms. The average Bonchev–Trinajstić information content (AvgIpc) is 2.92. The van der Waals surface area contributed by atoms with Crippen molar-refractivity contribution < 1.29 is 9.50 Å². The van der Waals surface area contributed by atoms with Crippen LogP contribution < -0.4 is 0 Å². The summed E-state index contributed by atoms with van der Waals surface area (Å²) in [6.45, 7) is 1.76. The highest BCUT2D eigenvalue weighted by molar-refractivity contribution is 5.52. The Morgan fingerprint density at radius 2 is 2.05 bits per heavy atom. The summed E-state index contributed by atoms with van der Waals surface area (Å²) >= 11 is 0. The molecule has 114 valence electrons. The van der Waals surface area contributed by atoms with Gasteiger partial charge in [0, 0.05) is 5.92 Å². The zero-order chi connectivity index (χ0) is 15.7. The summed E-state index contributed by atoms with van der Waals surface area (Å²) in [5.41, 5.74) is 0.294. The number of rotatable bonds is 2. The minimum absolute atomic E-state index is 0.138. The minimum atomic E-state index is -0.830. The lowest BCUT2D eigenvalue weighted by Crippen LogP contribution is -2.07. The predicted octanol–water partition coefficient (Wildman–Crippen LogP) is 3.34. The molecule has 0 bridgehead atoms. The van der Waals surface area contributed by atoms with E-state index >= 15 is 0 Å². The number of halogens is 1. The van der Waals surface area contributed by atoms with E-state index in [1.165, 1.54) is 30.0 Å². The van der Waals surface area contributed by atoms with E-state index in [-0.39, 0.29) is 11.3 Å². The molecule has 1 N–H and O–H groups in total. The summed E-state index contributed by atoms with van der Waals surface area (Å²) in [5.74, 6) is 0.287. The lowest BCUT2D eigenvalue weighted by molar-refractivity contribution is 0.423. The highest BCUT2D eigenvalue weighted by Crippen LogP contribution is 2.32. The van der Waals surface area contributed by atoms with Crippen molar-refractivity contribution in [3.8, 4) is 17.5 Å². The zero-order valence-electron chi connectivity index (χ0n) is 12.4. The first-order chi connectivity index (χ1) is 10.6. The standard InChI is InChI=1S/C16H17FN4O/c1-10-19-16(12-5-3-2-4-6-12)20-21(10)14-8-11(9-18)7-13(17)15(14)22/h7-8,12,22H,2-6H2,1H3. The lowest BCUT2D eigenvalue weighted by Gasteiger charge is -2.18. The van der Waals surface area contributed by atoms with E-state index in [1.54, 1.807) is 6.92 Å². The summed E-state index contributed by atoms with van der Waals surface area (Å²) in [6, 6.07) is 4.31. The largest absolute Gasteiger partial charge is 0.503 e. The van der Waals surface area contributed by atoms with Gasteiger partial charge in [0.2, 0.25) is 0 Å². The second kappa shape index (κ2) is 5.76. The van der Waals surface area contributed by atoms with Crippen molar-refractivity contribution in [2.45, 2.75) is 44.9 Å². The smallest absolute Gasteiger partial charge is 0.177 e. The molecular formula is C16H17FN4O. The predicted molar refractivity (Wildman–Crippen MR) is 78.3 cm³/mol. The van der Waals surface area contributed by atoms with E-state index in [0.717, 1.165) is 24.7 Å². The fourth-order valence-corrected chi connectivity index (χ4v) is 2.98. The first-order valence-electron chi connectivity index (χ1n) is 7.46. The Bertz CT molecular complexity index is 741. The third kappa shape index (κ3) is 2.54. The molecule has 5 nitrogen and oxygen atoms in total. The molecule has 0 unspecified atom stereocenters. The van der Waals surface area contributed by atoms with Crippen molar-refractivity contribution in [1.29, 1.82) is 5.26 Å². The molecular weight excluding hydrogens is 283 g/mol. The van der Waals surface area contributed by atoms with E-state index in [4.69, 9.17) is 5.26 Å². The molecule has 1 fully saturated rings. The van der Waals surface area contributed by atoms with Crippen LogP contribution in [0.15, 0.2) is 12.1 Å². The topological polar surface area (TPSA) is 74.7 Å². The fourth-order valence-electron chi connectivity index (χ4n) is 2.98. The third-order valence-corrected chi connectivity index (χ3v) is 4.16. The molecule has 1 saturated carbocycles. The molecule has 0 amide bonds. The second-order valence-electron chi connectivity index (χ2n) is 5.70. The van der Waals surface area contributed by atoms with E-state index < -0.39 is 11.6 Å². The van der Waals surface area contributed by atoms with Crippen LogP contribution in [0.5, 0.6) is 5.75 Å². The van der Waals surface area contributed by atoms with Gasteiger partial charge < -0.3 is 5.11 Å². The van der Waals surface area contributed by atoms with E-state index in [9.17, 15) is 9.50 Å². The number of nitrogens with zero attached hydrogens (tertiary/aromatic N) is 4. The van der Waals surface area contributed by atoms with E-state index in [0.29, 0.717) is 11.7 Å². The molecule has 0 atom stereocenters. The van der Waals surface area contributed by atoms with Gasteiger partial charge in [0.05, 0.1) is 11.6 Å². The van der Waals surface area contributed by atoms with Gasteiger partial charge >= 0.3 is 0 Å². The number of nitriles is 1. The molecule has 22 heavy (non-hydrogen) atoms. The maximum absolute atomic E-state index is 13.7. The summed E-state index contributed by atoms with van der Waals surface area (Å²) in [5, 5.41) is 23.4. The SMILES string of the molecule is Cc1nc(C2CCCCC2)nn1-c1cc(C#N)cc(F)c1O. The first kappa shape index (κ1) is 14.5. The van der Waals surface area contributed by atoms with Crippen LogP contribution in [-0.4, -0.2) is 19.9 Å². The van der Waals surface area contributed by atoms with Gasteiger partial charge in [-0.2, -0.15) is 10.4 Å². The number of hydrogen-bond donors (Lipinski definition) is 1. The highest BCUT2D eigenvalue weighted by atomic mass is 19.1. The molecule has 2 aromatic rings. The summed E-state index contributed by atoms with van der Waals surface area (Å²) < 4.78 is 15.2. The Morgan fingerprint density at radius 3 is 2.73 bits per heavy atom. The summed E-state index contributed by atoms with van der Waals surface area (Å²) in [7, 11) is 0. The zero-order valence-corrected chi connectivity index (χ0v) is 12.4. The number of aryl methyl sites for hydroxylation is 1. The Hall–Kier alpha value is -2.42. The van der Waals surface area contributed by atoms with Gasteiger partial charge in [0.1, 0.15) is 11.5 Å². The number of phenolic OH excluding ortho intramolecular Hbond substituents is 1. The monoisotopic (exact) mass is 300 g/mol. The van der Waals surface area contributed by atoms with Gasteiger partial charge in [-0.15, -0.1) is 0 Å². The quantitative estimate of drug-likeness (QED) is 0.923. The molecule has 0 radical (unpaired) electrons. The second-order valence-corrected chi connectivity index (χ2v) is 5.70. The van der Waals surface area contributed by atoms with Crippen LogP contribution >= 0.6 is 0 Å². The number of aromatic nitrogens is 3. The first-order valence-corrected chi connectivity index (χ1v) is 7.46. The molecule has 1 aromatic carbocycles. The van der Waals surface area contributed by atoms with Crippen molar-refractivity contribution >= 4 is 0 Å². The van der Waals surface area contributed by atoms with E-state index in [1.807, 2.05) is 6.07 Å². The molecule has 1 aromatic heterocycles. The van der Waals surface area contributed by atoms with Crippen molar-refractivity contribution in [1.82, 2.24) is 14.8 Å². The van der Waals surface area contributed by atoms with Crippen LogP contribution in [0.3, 0.4) is 0 Å². The Morgan fingerprint density at radius 1 is 1.32 bits per heavy atom. The summed E-state index contributed by atoms with van der Waals surface area (Å²) in [6.07, 6.45) is 5.70. The maximum atomic E-state index is 13.7. The molecule has 1 aliphatic carbocycles. The minimum Gasteiger partial charge on any atom is -0.503 e. The average molecular weight is 300 g/mol. The van der Waals surface area contributed by atoms with Gasteiger partial charge in [-0.25, -0.2) is 14.1 Å². The van der Waals surface area contributed by atoms with Crippen molar-refractivity contribution in [3.05, 3.63) is 35.2 Å². The van der Waals surface area contributed by atoms with Gasteiger partial charge in [-0.3, -0.25) is 0 Å². The lowest BCUT2D eigenvalue weighted by atomic mass is 9.89. The van der Waals surface area contributed by atoms with Gasteiger partial charge in [0.15, 0.2) is 17.4 Å². The number of aromatic hydroxyl groups is 1. The summed E-state index contributed by atoms with van der Waals surface area (Å²) in [4.78, 5) is 4.47. The maximum Gasteiger partial charge on any atom is 0.177 e. The Labute approximate surface area is 128 Å². The van der Waals surface area contributed by atoms with Gasteiger partial charge in [-0.1, -0.05) is 19.3 Å². The van der Waals surface area contributed by atoms with Crippen molar-refractivity contribution in [2.75, 3.05) is 0 Å². The molecule has 0 spiro atoms. The van der Waals surface area contributed by atoms with Crippen LogP contribution in [0.4, 0.5) is 4.39 Å². The fraction of sp³-hybridized carbons (Fsp3) is 0.438. The van der Waals surface area contributed by atoms with Crippen LogP contribution in [0.25, 0.3) is 5.69 Å². The van der Waals surface area contributed by atoms with Crippen LogP contribution in [0.2, 0.25) is 0 Å². The van der Waals surface area contributed by atoms with E-state index in [2.05, 4.69) is 10.1 Å². The normalized spacial score (nSPS) is 15.7. The van der Waals surface area contributed by atoms with Crippen molar-refractivity contribution in [2.24, 2.45) is 0 Å². The van der Waals surface area contributed by atoms with Gasteiger partial charge in [0.25, 0.3) is 0 Å². The Balaban J connectivity index is 2.04. The number of phenols is 1. The Kier molecular flexibility index (Phi) is 3.80. The molecule has 0 aliphatic heterocycles. The third-order valence-electron chi connectivity index (χ3n) is 4.16. The molecule has 0 saturated heterocycles. The van der Waals surface area contributed by atoms with Gasteiger partial charge in [-0.05, 0) is 31.9 Å². The molecule has 3 rings (SSSR count).